The average molecular weight is 1220 g/mol. The Morgan fingerprint density at radius 2 is 0.921 bits per heavy atom. The molecule has 4 heterocycles. The molecule has 0 unspecified atom stereocenters. The number of imidazole rings is 1. The third-order valence-electron chi connectivity index (χ3n) is 7.38. The number of pyridine rings is 2. The second kappa shape index (κ2) is 45.1. The summed E-state index contributed by atoms with van der Waals surface area (Å²) in [6, 6.07) is 15.1. The molecule has 5 aromatic rings. The standard InChI is InChI=1S/C23H20N4O3.CH2BN57/c1-14-5-8-20-26-21(22(27(20)13-14)24-12-17-4-3-9-30-17)18-10-15-6-7-16(29-2)11-19(15)25-23(18)28;3-1-2-5-7-9-11-13-15-17-19-21-23-25-27-29-31-33-35-37-39-41-43-45-47-49-51-53-55-57-59-58-56-54-52-50-48-46-44-42-40-38-36-34-32-30-28-26-24-22-20-18-16-14-12-10-8-6-4/h3-11,13,24H,12H2,1-2H3,(H,25,28);(H2,4,7,8,11,12,15,16,19,20,23,24,27,28,31,32,35,36,39,40,43,44,47,48,51,52,55,56,59). The maximum absolute atomic E-state index is 13.0. The third-order valence-corrected chi connectivity index (χ3v) is 7.38. The van der Waals surface area contributed by atoms with E-state index in [1.807, 2.05) is 66.1 Å². The first-order chi connectivity index (χ1) is 44.0. The van der Waals surface area contributed by atoms with Gasteiger partial charge in [-0.25, -0.2) is 4.98 Å². The monoisotopic (exact) mass is 1220 g/mol. The van der Waals surface area contributed by atoms with Crippen LogP contribution in [0.4, 0.5) is 5.82 Å². The minimum absolute atomic E-state index is 0.211. The summed E-state index contributed by atoms with van der Waals surface area (Å²) in [4.78, 5) is 20.7. The average Bonchev–Trinajstić information content (AvgIpc) is 2.21. The molecule has 0 aliphatic carbocycles. The Morgan fingerprint density at radius 3 is 1.27 bits per heavy atom. The van der Waals surface area contributed by atoms with Crippen LogP contribution in [0.25, 0.3) is 27.8 Å². The molecule has 0 spiro atoms. The number of aromatic amines is 1. The van der Waals surface area contributed by atoms with Gasteiger partial charge in [-0.2, -0.15) is 0 Å². The summed E-state index contributed by atoms with van der Waals surface area (Å²) in [6.45, 7) is 2.50. The molecule has 65 heteroatoms. The fourth-order valence-electron chi connectivity index (χ4n) is 4.58. The molecule has 0 fully saturated rings. The first-order valence-corrected chi connectivity index (χ1v) is 21.4. The van der Waals surface area contributed by atoms with Gasteiger partial charge in [0.25, 0.3) is 5.56 Å². The third kappa shape index (κ3) is 30.5. The number of ether oxygens (including phenoxy) is 1. The number of nitriles is 1. The minimum atomic E-state index is -0.211. The van der Waals surface area contributed by atoms with E-state index in [1.165, 1.54) is 0 Å². The summed E-state index contributed by atoms with van der Waals surface area (Å²) in [7, 11) is 2.40. The molecule has 0 aliphatic rings. The second-order valence-electron chi connectivity index (χ2n) is 12.4. The Hall–Kier alpha value is -15.6. The molecule has 64 nitrogen and oxygen atoms in total. The molecule has 4 N–H and O–H groups in total. The van der Waals surface area contributed by atoms with Gasteiger partial charge in [0.05, 0.1) is 31.0 Å². The van der Waals surface area contributed by atoms with Crippen LogP contribution in [0.2, 0.25) is 0 Å². The Bertz CT molecular complexity index is 3970. The van der Waals surface area contributed by atoms with Gasteiger partial charge in [0.1, 0.15) is 28.7 Å². The van der Waals surface area contributed by atoms with E-state index >= 15 is 0 Å². The van der Waals surface area contributed by atoms with Gasteiger partial charge in [-0.15, -0.1) is 0 Å². The van der Waals surface area contributed by atoms with E-state index in [9.17, 15) is 4.79 Å². The van der Waals surface area contributed by atoms with Crippen molar-refractivity contribution in [2.24, 2.45) is 293 Å². The molecular formula is C24H22BN61O3. The Kier molecular flexibility index (Phi) is 33.4. The molecule has 0 bridgehead atoms. The Morgan fingerprint density at radius 1 is 0.539 bits per heavy atom. The van der Waals surface area contributed by atoms with Crippen molar-refractivity contribution >= 4 is 29.4 Å². The molecule has 5 rings (SSSR count). The number of hydrogen-bond acceptors (Lipinski definition) is 8. The normalized spacial score (nSPS) is 13.9. The number of benzene rings is 1. The number of nitrogens with two attached hydrogens (primary N) is 1. The van der Waals surface area contributed by atoms with Crippen LogP contribution in [0.3, 0.4) is 0 Å². The van der Waals surface area contributed by atoms with E-state index in [4.69, 9.17) is 19.4 Å². The summed E-state index contributed by atoms with van der Waals surface area (Å²) >= 11 is 0. The van der Waals surface area contributed by atoms with Gasteiger partial charge in [0, 0.05) is 195 Å². The summed E-state index contributed by atoms with van der Waals surface area (Å²) in [6.07, 6.45) is 3.63. The quantitative estimate of drug-likeness (QED) is 0.0161. The zero-order chi connectivity index (χ0) is 63.0. The van der Waals surface area contributed by atoms with E-state index in [1.54, 1.807) is 19.3 Å². The topological polar surface area (TPSA) is 814 Å². The predicted octanol–water partition coefficient (Wildman–Crippen LogP) is 13.5. The van der Waals surface area contributed by atoms with Crippen LogP contribution < -0.4 is 21.5 Å². The Balaban J connectivity index is 0.000000462. The second-order valence-corrected chi connectivity index (χ2v) is 12.4. The van der Waals surface area contributed by atoms with Crippen molar-refractivity contribution in [2.75, 3.05) is 12.4 Å². The molecule has 89 heavy (non-hydrogen) atoms. The van der Waals surface area contributed by atoms with E-state index < -0.39 is 0 Å². The minimum Gasteiger partial charge on any atom is -0.303 e. The number of nitrogens with one attached hydrogen (secondary N) is 2. The van der Waals surface area contributed by atoms with Gasteiger partial charge in [-0.1, -0.05) is 11.3 Å². The molecule has 0 saturated heterocycles. The van der Waals surface area contributed by atoms with Crippen LogP contribution in [0, 0.1) is 18.2 Å². The first-order valence-electron chi connectivity index (χ1n) is 21.4. The fraction of sp³-hybridized carbons (Fsp3) is 0.125. The fourth-order valence-corrected chi connectivity index (χ4v) is 4.58. The summed E-state index contributed by atoms with van der Waals surface area (Å²) in [5, 5.41) is 177. The molecule has 0 atom stereocenters. The van der Waals surface area contributed by atoms with Crippen molar-refractivity contribution < 1.29 is 9.15 Å². The van der Waals surface area contributed by atoms with Gasteiger partial charge in [-0.05, 0) is 90.8 Å². The number of methoxy groups -OCH3 is 1. The van der Waals surface area contributed by atoms with Crippen LogP contribution in [0.5, 0.6) is 5.75 Å². The Labute approximate surface area is 482 Å². The number of hydrogen-bond donors (Lipinski definition) is 3. The molecule has 0 aliphatic heterocycles. The van der Waals surface area contributed by atoms with Gasteiger partial charge in [0.15, 0.2) is 0 Å². The van der Waals surface area contributed by atoms with Crippen LogP contribution in [0.1, 0.15) is 11.3 Å². The molecule has 0 radical (unpaired) electrons. The number of fused-ring (bicyclic) bond motifs is 2. The summed E-state index contributed by atoms with van der Waals surface area (Å²) in [5.74, 6) is 8.41. The number of aromatic nitrogens is 3. The number of H-pyrrole nitrogens is 1. The van der Waals surface area contributed by atoms with Gasteiger partial charge in [0.2, 0.25) is 0 Å². The summed E-state index contributed by atoms with van der Waals surface area (Å²) < 4.78 is 12.7. The molecule has 4 aromatic heterocycles. The molecule has 444 valence electrons. The number of furan rings is 1. The van der Waals surface area contributed by atoms with E-state index in [2.05, 4.69) is 303 Å². The van der Waals surface area contributed by atoms with Gasteiger partial charge >= 0.3 is 80.8 Å². The molecule has 0 saturated carbocycles. The van der Waals surface area contributed by atoms with Crippen LogP contribution in [-0.4, -0.2) is 28.6 Å². The number of anilines is 1. The molecular weight excluding hydrogens is 1200 g/mol. The van der Waals surface area contributed by atoms with Gasteiger partial charge in [-0.3, -0.25) is 9.20 Å². The van der Waals surface area contributed by atoms with Crippen LogP contribution in [0.15, 0.2) is 357 Å². The van der Waals surface area contributed by atoms with Crippen molar-refractivity contribution in [1.29, 1.82) is 5.26 Å². The van der Waals surface area contributed by atoms with E-state index in [0.29, 0.717) is 29.1 Å². The van der Waals surface area contributed by atoms with E-state index in [-0.39, 0.29) is 5.56 Å². The number of aryl methyl sites for hydroxylation is 1. The molecule has 0 amide bonds. The molecule has 1 aromatic carbocycles. The zero-order valence-corrected chi connectivity index (χ0v) is 43.3. The van der Waals surface area contributed by atoms with Gasteiger partial charge < -0.3 is 25.3 Å². The maximum atomic E-state index is 13.0. The van der Waals surface area contributed by atoms with Crippen molar-refractivity contribution in [3.63, 3.8) is 0 Å². The summed E-state index contributed by atoms with van der Waals surface area (Å²) in [5.41, 5.74) is 3.44. The SMILES string of the molecule is COc1ccc2cc(-c3nc4ccc(C)cn4c3NCc3ccco3)c(=O)[nH]c2c1.N#CB=N/N=N/N=N/N=N/N=N/N=N/N=N/N=N/N=N/N=N/N=N/N=N/N=N/N=N/N=N/N=N/N=N/N=N/N=N/N=N/N=N/N=N/N=N/N=N/N=N/N=N/N=N/N=N/N. The van der Waals surface area contributed by atoms with Crippen molar-refractivity contribution in [3.05, 3.63) is 82.7 Å². The van der Waals surface area contributed by atoms with E-state index in [0.717, 1.165) is 35.2 Å². The smallest absolute Gasteiger partial charge is 0.303 e. The number of rotatable bonds is 32. The van der Waals surface area contributed by atoms with Crippen molar-refractivity contribution in [1.82, 2.24) is 14.4 Å². The first kappa shape index (κ1) is 65.9. The predicted molar refractivity (Wildman–Crippen MR) is 265 cm³/mol. The zero-order valence-electron chi connectivity index (χ0n) is 43.3. The number of nitrogens with zero attached hydrogens (tertiary/aromatic N) is 58. The van der Waals surface area contributed by atoms with Crippen molar-refractivity contribution in [3.8, 4) is 23.0 Å². The van der Waals surface area contributed by atoms with Crippen LogP contribution >= 0.6 is 0 Å². The van der Waals surface area contributed by atoms with Crippen molar-refractivity contribution in [2.45, 2.75) is 13.5 Å². The van der Waals surface area contributed by atoms with Crippen LogP contribution in [-0.2, 0) is 6.54 Å².